The highest BCUT2D eigenvalue weighted by molar-refractivity contribution is 5.86. The molecule has 0 amide bonds. The summed E-state index contributed by atoms with van der Waals surface area (Å²) in [4.78, 5) is 8.25. The Morgan fingerprint density at radius 3 is 2.42 bits per heavy atom. The van der Waals surface area contributed by atoms with Gasteiger partial charge in [-0.25, -0.2) is 9.97 Å². The molecule has 0 bridgehead atoms. The van der Waals surface area contributed by atoms with Crippen molar-refractivity contribution in [1.82, 2.24) is 14.5 Å². The van der Waals surface area contributed by atoms with Crippen LogP contribution in [0.5, 0.6) is 0 Å². The molecule has 0 saturated carbocycles. The van der Waals surface area contributed by atoms with Gasteiger partial charge in [-0.1, -0.05) is 18.2 Å². The van der Waals surface area contributed by atoms with E-state index >= 15 is 0 Å². The van der Waals surface area contributed by atoms with Gasteiger partial charge in [-0.15, -0.1) is 0 Å². The van der Waals surface area contributed by atoms with Crippen molar-refractivity contribution < 1.29 is 32.5 Å². The highest BCUT2D eigenvalue weighted by Gasteiger charge is 2.61. The molecule has 4 heterocycles. The molecule has 2 aliphatic rings. The lowest BCUT2D eigenvalue weighted by Gasteiger charge is -2.35. The number of nitrogens with two attached hydrogens (primary N) is 1. The summed E-state index contributed by atoms with van der Waals surface area (Å²) in [5.41, 5.74) is 3.11. The summed E-state index contributed by atoms with van der Waals surface area (Å²) in [5.74, 6) is -0.758. The van der Waals surface area contributed by atoms with E-state index in [9.17, 15) is 18.3 Å². The Bertz CT molecular complexity index is 1210. The SMILES string of the molecule is CC1(C)O[C@@H]2[C@H](O1)[C@@H](C(C)(O)c1ccccc1C(F)(F)F)O[C@H]2n1ccc2c(N)ncnc21. The summed E-state index contributed by atoms with van der Waals surface area (Å²) in [6.07, 6.45) is -5.24. The summed E-state index contributed by atoms with van der Waals surface area (Å²) < 4.78 is 61.2. The van der Waals surface area contributed by atoms with Gasteiger partial charge in [0.05, 0.1) is 10.9 Å². The van der Waals surface area contributed by atoms with Gasteiger partial charge in [0, 0.05) is 6.20 Å². The van der Waals surface area contributed by atoms with E-state index in [1.165, 1.54) is 31.5 Å². The molecule has 0 spiro atoms. The molecule has 8 nitrogen and oxygen atoms in total. The van der Waals surface area contributed by atoms with Crippen LogP contribution in [0.2, 0.25) is 0 Å². The topological polar surface area (TPSA) is 105 Å². The number of aromatic nitrogens is 3. The Hall–Kier alpha value is -2.73. The van der Waals surface area contributed by atoms with E-state index in [4.69, 9.17) is 19.9 Å². The van der Waals surface area contributed by atoms with Gasteiger partial charge < -0.3 is 29.6 Å². The molecule has 2 aliphatic heterocycles. The van der Waals surface area contributed by atoms with Gasteiger partial charge in [0.1, 0.15) is 41.7 Å². The molecule has 2 aromatic heterocycles. The van der Waals surface area contributed by atoms with Gasteiger partial charge in [-0.3, -0.25) is 0 Å². The van der Waals surface area contributed by atoms with E-state index in [0.717, 1.165) is 6.07 Å². The minimum Gasteiger partial charge on any atom is -0.383 e. The maximum absolute atomic E-state index is 13.7. The second-order valence-corrected chi connectivity index (χ2v) is 8.92. The van der Waals surface area contributed by atoms with Crippen molar-refractivity contribution >= 4 is 16.9 Å². The standard InChI is InChI=1S/C22H23F3N4O4/c1-20(2)32-14-15(33-20)19(29-9-8-11-17(26)27-10-28-18(11)29)31-16(14)21(3,30)12-6-4-5-7-13(12)22(23,24)25/h4-10,14-16,19,30H,1-3H3,(H2,26,27,28)/t14-,15+,16-,19+,21?/m0/s1. The van der Waals surface area contributed by atoms with Crippen LogP contribution < -0.4 is 5.73 Å². The zero-order valence-electron chi connectivity index (χ0n) is 18.1. The predicted octanol–water partition coefficient (Wildman–Crippen LogP) is 3.36. The highest BCUT2D eigenvalue weighted by atomic mass is 19.4. The molecule has 176 valence electrons. The van der Waals surface area contributed by atoms with Crippen molar-refractivity contribution in [2.75, 3.05) is 5.73 Å². The molecule has 5 atom stereocenters. The Balaban J connectivity index is 1.60. The van der Waals surface area contributed by atoms with Crippen LogP contribution in [0.25, 0.3) is 11.0 Å². The number of rotatable bonds is 3. The Morgan fingerprint density at radius 1 is 1.06 bits per heavy atom. The molecule has 1 unspecified atom stereocenters. The second-order valence-electron chi connectivity index (χ2n) is 8.92. The van der Waals surface area contributed by atoms with Crippen LogP contribution in [0.1, 0.15) is 38.1 Å². The van der Waals surface area contributed by atoms with Gasteiger partial charge in [-0.2, -0.15) is 13.2 Å². The fraction of sp³-hybridized carbons (Fsp3) is 0.455. The molecule has 3 N–H and O–H groups in total. The van der Waals surface area contributed by atoms with E-state index in [-0.39, 0.29) is 11.4 Å². The molecular formula is C22H23F3N4O4. The molecule has 1 aromatic carbocycles. The summed E-state index contributed by atoms with van der Waals surface area (Å²) in [5, 5.41) is 12.1. The quantitative estimate of drug-likeness (QED) is 0.613. The summed E-state index contributed by atoms with van der Waals surface area (Å²) in [6, 6.07) is 6.61. The summed E-state index contributed by atoms with van der Waals surface area (Å²) in [6.45, 7) is 4.70. The van der Waals surface area contributed by atoms with Crippen molar-refractivity contribution in [2.45, 2.75) is 62.9 Å². The van der Waals surface area contributed by atoms with E-state index in [1.807, 2.05) is 0 Å². The van der Waals surface area contributed by atoms with Gasteiger partial charge in [-0.05, 0) is 38.5 Å². The number of fused-ring (bicyclic) bond motifs is 2. The van der Waals surface area contributed by atoms with Crippen LogP contribution >= 0.6 is 0 Å². The number of hydrogen-bond donors (Lipinski definition) is 2. The lowest BCUT2D eigenvalue weighted by Crippen LogP contribution is -2.46. The summed E-state index contributed by atoms with van der Waals surface area (Å²) >= 11 is 0. The Kier molecular flexibility index (Phi) is 4.77. The van der Waals surface area contributed by atoms with Crippen molar-refractivity contribution in [3.63, 3.8) is 0 Å². The molecule has 2 fully saturated rings. The number of hydrogen-bond acceptors (Lipinski definition) is 7. The second kappa shape index (κ2) is 7.13. The molecular weight excluding hydrogens is 441 g/mol. The summed E-state index contributed by atoms with van der Waals surface area (Å²) in [7, 11) is 0. The number of nitrogen functional groups attached to an aromatic ring is 1. The number of halogens is 3. The lowest BCUT2D eigenvalue weighted by molar-refractivity contribution is -0.222. The number of aliphatic hydroxyl groups is 1. The fourth-order valence-corrected chi connectivity index (χ4v) is 4.77. The smallest absolute Gasteiger partial charge is 0.383 e. The number of ether oxygens (including phenoxy) is 3. The van der Waals surface area contributed by atoms with Crippen molar-refractivity contribution in [3.8, 4) is 0 Å². The highest BCUT2D eigenvalue weighted by Crippen LogP contribution is 2.50. The molecule has 2 saturated heterocycles. The first kappa shape index (κ1) is 22.1. The molecule has 5 rings (SSSR count). The average molecular weight is 464 g/mol. The Morgan fingerprint density at radius 2 is 1.73 bits per heavy atom. The maximum atomic E-state index is 13.7. The van der Waals surface area contributed by atoms with E-state index in [1.54, 1.807) is 30.7 Å². The minimum atomic E-state index is -4.66. The largest absolute Gasteiger partial charge is 0.416 e. The lowest BCUT2D eigenvalue weighted by atomic mass is 9.84. The van der Waals surface area contributed by atoms with Gasteiger partial charge in [0.2, 0.25) is 0 Å². The monoisotopic (exact) mass is 464 g/mol. The first-order valence-electron chi connectivity index (χ1n) is 10.4. The first-order chi connectivity index (χ1) is 15.4. The number of nitrogens with zero attached hydrogens (tertiary/aromatic N) is 3. The van der Waals surface area contributed by atoms with Crippen LogP contribution in [0, 0.1) is 0 Å². The molecule has 0 aliphatic carbocycles. The normalized spacial score (nSPS) is 28.7. The third-order valence-electron chi connectivity index (χ3n) is 6.18. The van der Waals surface area contributed by atoms with Crippen molar-refractivity contribution in [2.24, 2.45) is 0 Å². The molecule has 0 radical (unpaired) electrons. The van der Waals surface area contributed by atoms with E-state index < -0.39 is 47.7 Å². The zero-order valence-corrected chi connectivity index (χ0v) is 18.1. The number of alkyl halides is 3. The van der Waals surface area contributed by atoms with Gasteiger partial charge in [0.25, 0.3) is 0 Å². The van der Waals surface area contributed by atoms with E-state index in [2.05, 4.69) is 9.97 Å². The number of anilines is 1. The third kappa shape index (κ3) is 3.46. The van der Waals surface area contributed by atoms with Crippen LogP contribution in [0.4, 0.5) is 19.0 Å². The molecule has 3 aromatic rings. The average Bonchev–Trinajstić information content (AvgIpc) is 3.38. The third-order valence-corrected chi connectivity index (χ3v) is 6.18. The van der Waals surface area contributed by atoms with E-state index in [0.29, 0.717) is 11.0 Å². The first-order valence-corrected chi connectivity index (χ1v) is 10.4. The number of benzene rings is 1. The molecule has 11 heteroatoms. The molecule has 33 heavy (non-hydrogen) atoms. The van der Waals surface area contributed by atoms with Crippen molar-refractivity contribution in [3.05, 3.63) is 54.0 Å². The van der Waals surface area contributed by atoms with Crippen LogP contribution in [0.3, 0.4) is 0 Å². The zero-order chi connectivity index (χ0) is 23.8. The van der Waals surface area contributed by atoms with Gasteiger partial charge >= 0.3 is 6.18 Å². The predicted molar refractivity (Wildman–Crippen MR) is 111 cm³/mol. The maximum Gasteiger partial charge on any atom is 0.416 e. The van der Waals surface area contributed by atoms with Crippen LogP contribution in [0.15, 0.2) is 42.9 Å². The van der Waals surface area contributed by atoms with Crippen molar-refractivity contribution in [1.29, 1.82) is 0 Å². The Labute approximate surface area is 187 Å². The van der Waals surface area contributed by atoms with Crippen LogP contribution in [-0.4, -0.2) is 43.7 Å². The van der Waals surface area contributed by atoms with Crippen LogP contribution in [-0.2, 0) is 26.0 Å². The fourth-order valence-electron chi connectivity index (χ4n) is 4.77. The minimum absolute atomic E-state index is 0.278. The van der Waals surface area contributed by atoms with Gasteiger partial charge in [0.15, 0.2) is 12.0 Å².